The van der Waals surface area contributed by atoms with Crippen molar-refractivity contribution in [1.82, 2.24) is 0 Å². The zero-order valence-corrected chi connectivity index (χ0v) is 16.3. The van der Waals surface area contributed by atoms with Crippen molar-refractivity contribution in [3.8, 4) is 11.5 Å². The average molecular weight is 404 g/mol. The number of ether oxygens (including phenoxy) is 2. The maximum absolute atomic E-state index is 13.0. The van der Waals surface area contributed by atoms with Gasteiger partial charge in [0, 0.05) is 12.8 Å². The third-order valence-corrected chi connectivity index (χ3v) is 5.56. The molecule has 0 aromatic heterocycles. The summed E-state index contributed by atoms with van der Waals surface area (Å²) < 4.78 is 39.2. The summed E-state index contributed by atoms with van der Waals surface area (Å²) in [6.45, 7) is 2.17. The van der Waals surface area contributed by atoms with E-state index in [0.717, 1.165) is 4.90 Å². The first kappa shape index (κ1) is 19.7. The van der Waals surface area contributed by atoms with Crippen LogP contribution in [0.2, 0.25) is 0 Å². The molecule has 1 aliphatic rings. The first-order valence-corrected chi connectivity index (χ1v) is 10.1. The van der Waals surface area contributed by atoms with Gasteiger partial charge in [-0.25, -0.2) is 8.42 Å². The van der Waals surface area contributed by atoms with Gasteiger partial charge < -0.3 is 9.47 Å². The Hall–Kier alpha value is -3.07. The molecule has 0 saturated carbocycles. The highest BCUT2D eigenvalue weighted by Crippen LogP contribution is 2.34. The van der Waals surface area contributed by atoms with Gasteiger partial charge in [0.1, 0.15) is 16.4 Å². The summed E-state index contributed by atoms with van der Waals surface area (Å²) >= 11 is 0. The number of sulfonamides is 1. The fraction of sp³-hybridized carbons (Fsp3) is 0.263. The first-order valence-electron chi connectivity index (χ1n) is 8.66. The molecule has 2 aromatic rings. The van der Waals surface area contributed by atoms with Crippen LogP contribution in [0.5, 0.6) is 11.5 Å². The molecule has 0 bridgehead atoms. The predicted molar refractivity (Wildman–Crippen MR) is 103 cm³/mol. The molecule has 2 amide bonds. The van der Waals surface area contributed by atoms with E-state index in [9.17, 15) is 18.0 Å². The Balaban J connectivity index is 2.02. The van der Waals surface area contributed by atoms with Crippen LogP contribution in [-0.4, -0.2) is 33.9 Å². The Kier molecular flexibility index (Phi) is 5.55. The minimum atomic E-state index is -4.09. The Morgan fingerprint density at radius 2 is 1.71 bits per heavy atom. The summed E-state index contributed by atoms with van der Waals surface area (Å²) in [4.78, 5) is 24.8. The van der Waals surface area contributed by atoms with Crippen LogP contribution >= 0.6 is 0 Å². The third-order valence-electron chi connectivity index (χ3n) is 4.18. The SMILES string of the molecule is CCOc1ccccc1NS(=O)(=O)c1cc(N2C(=O)CCC2=O)ccc1OC. The highest BCUT2D eigenvalue weighted by Gasteiger charge is 2.32. The molecule has 28 heavy (non-hydrogen) atoms. The van der Waals surface area contributed by atoms with Crippen LogP contribution in [0.4, 0.5) is 11.4 Å². The lowest BCUT2D eigenvalue weighted by Crippen LogP contribution is -2.28. The van der Waals surface area contributed by atoms with Gasteiger partial charge in [0.15, 0.2) is 0 Å². The molecular formula is C19H20N2O6S. The number of carbonyl (C=O) groups is 2. The maximum atomic E-state index is 13.0. The van der Waals surface area contributed by atoms with E-state index in [4.69, 9.17) is 9.47 Å². The number of imide groups is 1. The molecule has 1 heterocycles. The van der Waals surface area contributed by atoms with Crippen molar-refractivity contribution in [2.45, 2.75) is 24.7 Å². The number of rotatable bonds is 7. The molecular weight excluding hydrogens is 384 g/mol. The summed E-state index contributed by atoms with van der Waals surface area (Å²) in [6.07, 6.45) is 0.208. The number of amides is 2. The minimum Gasteiger partial charge on any atom is -0.495 e. The van der Waals surface area contributed by atoms with Crippen LogP contribution in [0.15, 0.2) is 47.4 Å². The fourth-order valence-corrected chi connectivity index (χ4v) is 4.17. The highest BCUT2D eigenvalue weighted by molar-refractivity contribution is 7.92. The van der Waals surface area contributed by atoms with Crippen LogP contribution in [0.3, 0.4) is 0 Å². The molecule has 8 nitrogen and oxygen atoms in total. The van der Waals surface area contributed by atoms with Crippen LogP contribution in [-0.2, 0) is 19.6 Å². The van der Waals surface area contributed by atoms with Gasteiger partial charge in [-0.2, -0.15) is 0 Å². The van der Waals surface area contributed by atoms with Gasteiger partial charge in [-0.3, -0.25) is 19.2 Å². The lowest BCUT2D eigenvalue weighted by Gasteiger charge is -2.18. The molecule has 0 spiro atoms. The summed E-state index contributed by atoms with van der Waals surface area (Å²) in [5.74, 6) is -0.265. The molecule has 1 aliphatic heterocycles. The Labute approximate surface area is 163 Å². The molecule has 1 saturated heterocycles. The fourth-order valence-electron chi connectivity index (χ4n) is 2.91. The van der Waals surface area contributed by atoms with Crippen LogP contribution in [0.1, 0.15) is 19.8 Å². The average Bonchev–Trinajstić information content (AvgIpc) is 3.01. The minimum absolute atomic E-state index is 0.0873. The van der Waals surface area contributed by atoms with Crippen molar-refractivity contribution in [2.75, 3.05) is 23.3 Å². The van der Waals surface area contributed by atoms with E-state index in [1.54, 1.807) is 31.2 Å². The number of para-hydroxylation sites is 2. The highest BCUT2D eigenvalue weighted by atomic mass is 32.2. The molecule has 0 atom stereocenters. The Morgan fingerprint density at radius 3 is 2.36 bits per heavy atom. The van der Waals surface area contributed by atoms with E-state index in [-0.39, 0.29) is 46.7 Å². The van der Waals surface area contributed by atoms with Gasteiger partial charge in [-0.15, -0.1) is 0 Å². The second kappa shape index (κ2) is 7.89. The van der Waals surface area contributed by atoms with Gasteiger partial charge in [0.2, 0.25) is 11.8 Å². The molecule has 9 heteroatoms. The van der Waals surface area contributed by atoms with E-state index in [2.05, 4.69) is 4.72 Å². The summed E-state index contributed by atoms with van der Waals surface area (Å²) in [7, 11) is -2.75. The van der Waals surface area contributed by atoms with Crippen LogP contribution in [0, 0.1) is 0 Å². The van der Waals surface area contributed by atoms with Gasteiger partial charge >= 0.3 is 0 Å². The number of anilines is 2. The number of carbonyl (C=O) groups excluding carboxylic acids is 2. The summed E-state index contributed by atoms with van der Waals surface area (Å²) in [5.41, 5.74) is 0.455. The second-order valence-corrected chi connectivity index (χ2v) is 7.64. The lowest BCUT2D eigenvalue weighted by molar-refractivity contribution is -0.121. The largest absolute Gasteiger partial charge is 0.495 e. The van der Waals surface area contributed by atoms with E-state index in [1.807, 2.05) is 0 Å². The number of hydrogen-bond donors (Lipinski definition) is 1. The summed E-state index contributed by atoms with van der Waals surface area (Å²) in [5, 5.41) is 0. The smallest absolute Gasteiger partial charge is 0.265 e. The van der Waals surface area contributed by atoms with Gasteiger partial charge in [0.25, 0.3) is 10.0 Å². The van der Waals surface area contributed by atoms with Gasteiger partial charge in [-0.1, -0.05) is 12.1 Å². The number of benzene rings is 2. The Bertz CT molecular complexity index is 1000. The maximum Gasteiger partial charge on any atom is 0.265 e. The van der Waals surface area contributed by atoms with E-state index >= 15 is 0 Å². The first-order chi connectivity index (χ1) is 13.4. The molecule has 0 radical (unpaired) electrons. The monoisotopic (exact) mass is 404 g/mol. The van der Waals surface area contributed by atoms with Crippen molar-refractivity contribution in [2.24, 2.45) is 0 Å². The molecule has 1 N–H and O–H groups in total. The van der Waals surface area contributed by atoms with Crippen molar-refractivity contribution in [3.05, 3.63) is 42.5 Å². The number of nitrogens with one attached hydrogen (secondary N) is 1. The third kappa shape index (κ3) is 3.79. The standard InChI is InChI=1S/C19H20N2O6S/c1-3-27-15-7-5-4-6-14(15)20-28(24,25)17-12-13(8-9-16(17)26-2)21-18(22)10-11-19(21)23/h4-9,12,20H,3,10-11H2,1-2H3. The van der Waals surface area contributed by atoms with E-state index in [1.165, 1.54) is 25.3 Å². The zero-order valence-electron chi connectivity index (χ0n) is 15.5. The van der Waals surface area contributed by atoms with Crippen molar-refractivity contribution in [1.29, 1.82) is 0 Å². The molecule has 0 aliphatic carbocycles. The number of methoxy groups -OCH3 is 1. The van der Waals surface area contributed by atoms with Crippen LogP contribution in [0.25, 0.3) is 0 Å². The van der Waals surface area contributed by atoms with Crippen molar-refractivity contribution in [3.63, 3.8) is 0 Å². The van der Waals surface area contributed by atoms with Crippen molar-refractivity contribution < 1.29 is 27.5 Å². The predicted octanol–water partition coefficient (Wildman–Crippen LogP) is 2.55. The molecule has 0 unspecified atom stereocenters. The van der Waals surface area contributed by atoms with Crippen molar-refractivity contribution >= 4 is 33.2 Å². The molecule has 3 rings (SSSR count). The van der Waals surface area contributed by atoms with Crippen LogP contribution < -0.4 is 19.1 Å². The molecule has 2 aromatic carbocycles. The van der Waals surface area contributed by atoms with Gasteiger partial charge in [0.05, 0.1) is 25.1 Å². The summed E-state index contributed by atoms with van der Waals surface area (Å²) in [6, 6.07) is 10.8. The normalized spacial score (nSPS) is 14.3. The quantitative estimate of drug-likeness (QED) is 0.712. The molecule has 1 fully saturated rings. The topological polar surface area (TPSA) is 102 Å². The second-order valence-electron chi connectivity index (χ2n) is 5.99. The van der Waals surface area contributed by atoms with Gasteiger partial charge in [-0.05, 0) is 37.3 Å². The molecule has 148 valence electrons. The number of nitrogens with zero attached hydrogens (tertiary/aromatic N) is 1. The Morgan fingerprint density at radius 1 is 1.04 bits per heavy atom. The zero-order chi connectivity index (χ0) is 20.3. The van der Waals surface area contributed by atoms with E-state index in [0.29, 0.717) is 12.4 Å². The number of hydrogen-bond acceptors (Lipinski definition) is 6. The lowest BCUT2D eigenvalue weighted by atomic mass is 10.2. The van der Waals surface area contributed by atoms with E-state index < -0.39 is 10.0 Å².